The maximum atomic E-state index is 12.2. The van der Waals surface area contributed by atoms with E-state index in [1.165, 1.54) is 5.56 Å². The lowest BCUT2D eigenvalue weighted by molar-refractivity contribution is -0.131. The van der Waals surface area contributed by atoms with Crippen molar-refractivity contribution < 1.29 is 19.1 Å². The SMILES string of the molecule is CCOC(=O)N1CCN(C(=O)CNCCc2cccc(OC)c2)CC1. The van der Waals surface area contributed by atoms with Crippen molar-refractivity contribution in [2.45, 2.75) is 13.3 Å². The first kappa shape index (κ1) is 19.1. The van der Waals surface area contributed by atoms with Crippen LogP contribution in [0.2, 0.25) is 0 Å². The molecule has 1 aromatic rings. The standard InChI is InChI=1S/C18H27N3O4/c1-3-25-18(23)21-11-9-20(10-12-21)17(22)14-19-8-7-15-5-4-6-16(13-15)24-2/h4-6,13,19H,3,7-12,14H2,1-2H3. The van der Waals surface area contributed by atoms with Crippen molar-refractivity contribution >= 4 is 12.0 Å². The number of amides is 2. The summed E-state index contributed by atoms with van der Waals surface area (Å²) in [6.45, 7) is 5.34. The predicted octanol–water partition coefficient (Wildman–Crippen LogP) is 1.13. The summed E-state index contributed by atoms with van der Waals surface area (Å²) in [4.78, 5) is 27.3. The lowest BCUT2D eigenvalue weighted by atomic mass is 10.1. The molecule has 0 atom stereocenters. The molecule has 0 unspecified atom stereocenters. The van der Waals surface area contributed by atoms with E-state index in [0.717, 1.165) is 18.7 Å². The Morgan fingerprint density at radius 1 is 1.16 bits per heavy atom. The van der Waals surface area contributed by atoms with E-state index in [9.17, 15) is 9.59 Å². The van der Waals surface area contributed by atoms with Crippen LogP contribution in [0.15, 0.2) is 24.3 Å². The zero-order valence-electron chi connectivity index (χ0n) is 15.0. The lowest BCUT2D eigenvalue weighted by Gasteiger charge is -2.34. The fraction of sp³-hybridized carbons (Fsp3) is 0.556. The van der Waals surface area contributed by atoms with E-state index in [1.807, 2.05) is 24.3 Å². The predicted molar refractivity (Wildman–Crippen MR) is 94.7 cm³/mol. The Kier molecular flexibility index (Phi) is 7.53. The monoisotopic (exact) mass is 349 g/mol. The van der Waals surface area contributed by atoms with Crippen molar-refractivity contribution in [2.24, 2.45) is 0 Å². The van der Waals surface area contributed by atoms with Gasteiger partial charge in [-0.15, -0.1) is 0 Å². The van der Waals surface area contributed by atoms with Gasteiger partial charge in [-0.05, 0) is 37.6 Å². The summed E-state index contributed by atoms with van der Waals surface area (Å²) in [7, 11) is 1.65. The van der Waals surface area contributed by atoms with E-state index in [-0.39, 0.29) is 12.0 Å². The second-order valence-electron chi connectivity index (χ2n) is 5.85. The highest BCUT2D eigenvalue weighted by Crippen LogP contribution is 2.12. The van der Waals surface area contributed by atoms with Crippen LogP contribution in [-0.4, -0.2) is 74.8 Å². The molecule has 1 N–H and O–H groups in total. The largest absolute Gasteiger partial charge is 0.497 e. The first-order valence-corrected chi connectivity index (χ1v) is 8.67. The van der Waals surface area contributed by atoms with Gasteiger partial charge in [-0.3, -0.25) is 4.79 Å². The molecule has 0 spiro atoms. The summed E-state index contributed by atoms with van der Waals surface area (Å²) in [5.74, 6) is 0.905. The number of rotatable bonds is 7. The number of nitrogens with zero attached hydrogens (tertiary/aromatic N) is 2. The number of hydrogen-bond acceptors (Lipinski definition) is 5. The first-order chi connectivity index (χ1) is 12.1. The van der Waals surface area contributed by atoms with Crippen LogP contribution in [0.3, 0.4) is 0 Å². The molecule has 0 aliphatic carbocycles. The number of ether oxygens (including phenoxy) is 2. The third-order valence-electron chi connectivity index (χ3n) is 4.16. The number of hydrogen-bond donors (Lipinski definition) is 1. The van der Waals surface area contributed by atoms with E-state index >= 15 is 0 Å². The smallest absolute Gasteiger partial charge is 0.409 e. The molecule has 1 saturated heterocycles. The van der Waals surface area contributed by atoms with Crippen molar-refractivity contribution in [3.63, 3.8) is 0 Å². The van der Waals surface area contributed by atoms with Gasteiger partial charge in [-0.1, -0.05) is 12.1 Å². The molecule has 138 valence electrons. The molecule has 25 heavy (non-hydrogen) atoms. The molecule has 0 aromatic heterocycles. The number of carbonyl (C=O) groups is 2. The van der Waals surface area contributed by atoms with Crippen LogP contribution in [0.1, 0.15) is 12.5 Å². The Bertz CT molecular complexity index is 571. The molecule has 1 aromatic carbocycles. The third kappa shape index (κ3) is 5.94. The lowest BCUT2D eigenvalue weighted by Crippen LogP contribution is -2.52. The van der Waals surface area contributed by atoms with Crippen LogP contribution in [-0.2, 0) is 16.0 Å². The van der Waals surface area contributed by atoms with Crippen LogP contribution >= 0.6 is 0 Å². The zero-order valence-corrected chi connectivity index (χ0v) is 15.0. The molecular weight excluding hydrogens is 322 g/mol. The number of carbonyl (C=O) groups excluding carboxylic acids is 2. The van der Waals surface area contributed by atoms with Gasteiger partial charge in [0.2, 0.25) is 5.91 Å². The number of piperazine rings is 1. The Hall–Kier alpha value is -2.28. The number of nitrogens with one attached hydrogen (secondary N) is 1. The molecule has 7 heteroatoms. The molecule has 0 saturated carbocycles. The van der Waals surface area contributed by atoms with E-state index in [4.69, 9.17) is 9.47 Å². The molecule has 0 bridgehead atoms. The van der Waals surface area contributed by atoms with Gasteiger partial charge in [0, 0.05) is 26.2 Å². The average Bonchev–Trinajstić information content (AvgIpc) is 2.65. The van der Waals surface area contributed by atoms with E-state index in [2.05, 4.69) is 5.32 Å². The second kappa shape index (κ2) is 9.88. The van der Waals surface area contributed by atoms with Crippen LogP contribution in [0.4, 0.5) is 4.79 Å². The summed E-state index contributed by atoms with van der Waals surface area (Å²) in [5.41, 5.74) is 1.17. The maximum absolute atomic E-state index is 12.2. The van der Waals surface area contributed by atoms with Gasteiger partial charge in [0.1, 0.15) is 5.75 Å². The normalized spacial score (nSPS) is 14.3. The van der Waals surface area contributed by atoms with Gasteiger partial charge in [0.05, 0.1) is 20.3 Å². The molecule has 7 nitrogen and oxygen atoms in total. The van der Waals surface area contributed by atoms with Crippen LogP contribution in [0.5, 0.6) is 5.75 Å². The molecule has 1 aliphatic heterocycles. The van der Waals surface area contributed by atoms with Gasteiger partial charge in [-0.25, -0.2) is 4.79 Å². The first-order valence-electron chi connectivity index (χ1n) is 8.67. The van der Waals surface area contributed by atoms with Crippen molar-refractivity contribution in [1.82, 2.24) is 15.1 Å². The molecule has 1 aliphatic rings. The highest BCUT2D eigenvalue weighted by Gasteiger charge is 2.24. The quantitative estimate of drug-likeness (QED) is 0.747. The van der Waals surface area contributed by atoms with Crippen LogP contribution < -0.4 is 10.1 Å². The number of benzene rings is 1. The average molecular weight is 349 g/mol. The Morgan fingerprint density at radius 2 is 1.88 bits per heavy atom. The Balaban J connectivity index is 1.65. The summed E-state index contributed by atoms with van der Waals surface area (Å²) in [5, 5.41) is 3.19. The minimum Gasteiger partial charge on any atom is -0.497 e. The highest BCUT2D eigenvalue weighted by molar-refractivity contribution is 5.78. The number of methoxy groups -OCH3 is 1. The highest BCUT2D eigenvalue weighted by atomic mass is 16.6. The Morgan fingerprint density at radius 3 is 2.56 bits per heavy atom. The minimum atomic E-state index is -0.300. The topological polar surface area (TPSA) is 71.1 Å². The summed E-state index contributed by atoms with van der Waals surface area (Å²) < 4.78 is 10.2. The minimum absolute atomic E-state index is 0.0640. The van der Waals surface area contributed by atoms with Crippen molar-refractivity contribution in [1.29, 1.82) is 0 Å². The van der Waals surface area contributed by atoms with Gasteiger partial charge >= 0.3 is 6.09 Å². The summed E-state index contributed by atoms with van der Waals surface area (Å²) in [6.07, 6.45) is 0.534. The molecule has 2 rings (SSSR count). The molecule has 1 fully saturated rings. The fourth-order valence-corrected chi connectivity index (χ4v) is 2.72. The maximum Gasteiger partial charge on any atom is 0.409 e. The summed E-state index contributed by atoms with van der Waals surface area (Å²) in [6, 6.07) is 7.91. The van der Waals surface area contributed by atoms with E-state index in [1.54, 1.807) is 23.8 Å². The van der Waals surface area contributed by atoms with Crippen molar-refractivity contribution in [2.75, 3.05) is 53.0 Å². The van der Waals surface area contributed by atoms with Gasteiger partial charge in [-0.2, -0.15) is 0 Å². The van der Waals surface area contributed by atoms with Crippen LogP contribution in [0.25, 0.3) is 0 Å². The zero-order chi connectivity index (χ0) is 18.1. The van der Waals surface area contributed by atoms with E-state index in [0.29, 0.717) is 39.3 Å². The third-order valence-corrected chi connectivity index (χ3v) is 4.16. The Labute approximate surface area is 148 Å². The van der Waals surface area contributed by atoms with Gasteiger partial charge in [0.15, 0.2) is 0 Å². The molecule has 0 radical (unpaired) electrons. The molecule has 2 amide bonds. The van der Waals surface area contributed by atoms with Crippen molar-refractivity contribution in [3.05, 3.63) is 29.8 Å². The molecular formula is C18H27N3O4. The van der Waals surface area contributed by atoms with E-state index < -0.39 is 0 Å². The van der Waals surface area contributed by atoms with Crippen molar-refractivity contribution in [3.8, 4) is 5.75 Å². The van der Waals surface area contributed by atoms with Crippen LogP contribution in [0, 0.1) is 0 Å². The second-order valence-corrected chi connectivity index (χ2v) is 5.85. The molecule has 1 heterocycles. The van der Waals surface area contributed by atoms with Gasteiger partial charge in [0.25, 0.3) is 0 Å². The fourth-order valence-electron chi connectivity index (χ4n) is 2.72. The summed E-state index contributed by atoms with van der Waals surface area (Å²) >= 11 is 0. The van der Waals surface area contributed by atoms with Gasteiger partial charge < -0.3 is 24.6 Å².